The number of hydrogen-bond donors (Lipinski definition) is 5. The second-order valence-corrected chi connectivity index (χ2v) is 8.51. The van der Waals surface area contributed by atoms with Crippen LogP contribution in [0, 0.1) is 16.7 Å². The van der Waals surface area contributed by atoms with E-state index in [-0.39, 0.29) is 5.49 Å². The summed E-state index contributed by atoms with van der Waals surface area (Å²) in [5, 5.41) is 61.0. The molecule has 3 heterocycles. The number of fused-ring (bicyclic) bond motifs is 1. The van der Waals surface area contributed by atoms with Crippen LogP contribution in [0.3, 0.4) is 0 Å². The molecule has 0 spiro atoms. The van der Waals surface area contributed by atoms with Crippen molar-refractivity contribution in [3.8, 4) is 17.5 Å². The minimum atomic E-state index is -1.53. The third kappa shape index (κ3) is 4.77. The lowest BCUT2D eigenvalue weighted by Crippen LogP contribution is -2.60. The van der Waals surface area contributed by atoms with E-state index in [2.05, 4.69) is 21.1 Å². The second kappa shape index (κ2) is 10.5. The average Bonchev–Trinajstić information content (AvgIpc) is 3.39. The fraction of sp³-hybridized carbons (Fsp3) is 0.240. The number of aromatic nitrogens is 4. The van der Waals surface area contributed by atoms with E-state index in [1.165, 1.54) is 17.2 Å². The van der Waals surface area contributed by atoms with Gasteiger partial charge in [0.2, 0.25) is 6.29 Å². The van der Waals surface area contributed by atoms with E-state index >= 15 is 0 Å². The SMILES string of the molecule is N#Cc1ccc(-n2cnc3c(=N)n(N=Cc4ccc(OC5OC(CO)C(O)C(O)C5O)cc4)cnc32)cc1. The van der Waals surface area contributed by atoms with Gasteiger partial charge in [0.05, 0.1) is 24.5 Å². The Morgan fingerprint density at radius 3 is 2.45 bits per heavy atom. The molecule has 0 bridgehead atoms. The normalized spacial score (nSPS) is 23.5. The molecule has 13 nitrogen and oxygen atoms in total. The molecule has 0 amide bonds. The molecule has 0 aliphatic carbocycles. The summed E-state index contributed by atoms with van der Waals surface area (Å²) in [7, 11) is 0. The lowest BCUT2D eigenvalue weighted by atomic mass is 9.99. The van der Waals surface area contributed by atoms with Gasteiger partial charge in [-0.15, -0.1) is 0 Å². The molecule has 1 fully saturated rings. The van der Waals surface area contributed by atoms with E-state index in [1.54, 1.807) is 59.4 Å². The molecule has 2 aromatic carbocycles. The number of aliphatic hydroxyl groups excluding tert-OH is 4. The summed E-state index contributed by atoms with van der Waals surface area (Å²) >= 11 is 0. The average molecular weight is 518 g/mol. The van der Waals surface area contributed by atoms with Crippen LogP contribution in [0.25, 0.3) is 16.9 Å². The minimum Gasteiger partial charge on any atom is -0.462 e. The topological polar surface area (TPSA) is 195 Å². The first-order chi connectivity index (χ1) is 18.4. The molecule has 2 aromatic heterocycles. The van der Waals surface area contributed by atoms with Crippen LogP contribution in [0.2, 0.25) is 0 Å². The van der Waals surface area contributed by atoms with Crippen LogP contribution < -0.4 is 10.2 Å². The van der Waals surface area contributed by atoms with Gasteiger partial charge in [-0.05, 0) is 54.1 Å². The zero-order valence-corrected chi connectivity index (χ0v) is 19.7. The maximum absolute atomic E-state index is 10.1. The Morgan fingerprint density at radius 1 is 1.03 bits per heavy atom. The molecular weight excluding hydrogens is 494 g/mol. The van der Waals surface area contributed by atoms with Gasteiger partial charge in [-0.2, -0.15) is 10.4 Å². The number of nitriles is 1. The van der Waals surface area contributed by atoms with Gasteiger partial charge in [-0.3, -0.25) is 9.98 Å². The van der Waals surface area contributed by atoms with E-state index in [0.29, 0.717) is 28.0 Å². The molecule has 0 radical (unpaired) electrons. The Kier molecular flexibility index (Phi) is 6.97. The van der Waals surface area contributed by atoms with Crippen molar-refractivity contribution in [2.24, 2.45) is 5.10 Å². The van der Waals surface area contributed by atoms with Crippen LogP contribution in [0.4, 0.5) is 0 Å². The molecule has 38 heavy (non-hydrogen) atoms. The molecule has 5 unspecified atom stereocenters. The Labute approximate surface area is 215 Å². The van der Waals surface area contributed by atoms with Crippen LogP contribution in [0.5, 0.6) is 5.75 Å². The van der Waals surface area contributed by atoms with Gasteiger partial charge in [-0.1, -0.05) is 0 Å². The van der Waals surface area contributed by atoms with E-state index in [9.17, 15) is 20.4 Å². The molecule has 5 atom stereocenters. The summed E-state index contributed by atoms with van der Waals surface area (Å²) in [6.45, 7) is -0.549. The van der Waals surface area contributed by atoms with Gasteiger partial charge >= 0.3 is 0 Å². The van der Waals surface area contributed by atoms with Gasteiger partial charge < -0.3 is 29.9 Å². The van der Waals surface area contributed by atoms with Gasteiger partial charge in [-0.25, -0.2) is 14.6 Å². The number of nitrogens with zero attached hydrogens (tertiary/aromatic N) is 6. The molecule has 0 saturated carbocycles. The van der Waals surface area contributed by atoms with Crippen molar-refractivity contribution < 1.29 is 29.9 Å². The highest BCUT2D eigenvalue weighted by Gasteiger charge is 2.44. The number of aliphatic hydroxyl groups is 4. The lowest BCUT2D eigenvalue weighted by molar-refractivity contribution is -0.277. The van der Waals surface area contributed by atoms with Crippen molar-refractivity contribution in [1.82, 2.24) is 19.2 Å². The van der Waals surface area contributed by atoms with Crippen molar-refractivity contribution in [3.63, 3.8) is 0 Å². The first-order valence-corrected chi connectivity index (χ1v) is 11.5. The van der Waals surface area contributed by atoms with E-state index < -0.39 is 37.3 Å². The van der Waals surface area contributed by atoms with E-state index in [1.807, 2.05) is 0 Å². The van der Waals surface area contributed by atoms with Gasteiger partial charge in [0, 0.05) is 5.69 Å². The largest absolute Gasteiger partial charge is 0.462 e. The smallest absolute Gasteiger partial charge is 0.229 e. The minimum absolute atomic E-state index is 0.0289. The predicted octanol–water partition coefficient (Wildman–Crippen LogP) is -0.366. The van der Waals surface area contributed by atoms with Crippen molar-refractivity contribution in [2.75, 3.05) is 6.61 Å². The number of nitrogens with one attached hydrogen (secondary N) is 1. The third-order valence-electron chi connectivity index (χ3n) is 6.07. The Bertz CT molecular complexity index is 1560. The third-order valence-corrected chi connectivity index (χ3v) is 6.07. The molecule has 4 aromatic rings. The lowest BCUT2D eigenvalue weighted by Gasteiger charge is -2.39. The van der Waals surface area contributed by atoms with Crippen molar-refractivity contribution in [1.29, 1.82) is 10.7 Å². The highest BCUT2D eigenvalue weighted by atomic mass is 16.7. The van der Waals surface area contributed by atoms with Crippen molar-refractivity contribution in [3.05, 3.63) is 77.8 Å². The summed E-state index contributed by atoms with van der Waals surface area (Å²) < 4.78 is 13.9. The number of imidazole rings is 1. The second-order valence-electron chi connectivity index (χ2n) is 8.51. The summed E-state index contributed by atoms with van der Waals surface area (Å²) in [6, 6.07) is 15.5. The van der Waals surface area contributed by atoms with Crippen LogP contribution in [-0.4, -0.2) is 83.2 Å². The fourth-order valence-corrected chi connectivity index (χ4v) is 3.94. The van der Waals surface area contributed by atoms with Gasteiger partial charge in [0.1, 0.15) is 42.8 Å². The summed E-state index contributed by atoms with van der Waals surface area (Å²) in [6.07, 6.45) is -2.39. The molecule has 194 valence electrons. The first kappa shape index (κ1) is 25.2. The quantitative estimate of drug-likeness (QED) is 0.212. The Hall–Kier alpha value is -4.45. The summed E-state index contributed by atoms with van der Waals surface area (Å²) in [5.41, 5.74) is 2.80. The van der Waals surface area contributed by atoms with E-state index in [0.717, 1.165) is 5.69 Å². The fourth-order valence-electron chi connectivity index (χ4n) is 3.94. The first-order valence-electron chi connectivity index (χ1n) is 11.5. The van der Waals surface area contributed by atoms with Crippen LogP contribution in [0.15, 0.2) is 66.3 Å². The maximum atomic E-state index is 10.1. The molecule has 5 rings (SSSR count). The van der Waals surface area contributed by atoms with E-state index in [4.69, 9.17) is 20.1 Å². The molecule has 1 saturated heterocycles. The van der Waals surface area contributed by atoms with Crippen molar-refractivity contribution >= 4 is 17.4 Å². The zero-order chi connectivity index (χ0) is 26.8. The van der Waals surface area contributed by atoms with Crippen LogP contribution in [0.1, 0.15) is 11.1 Å². The molecular formula is C25H23N7O6. The molecule has 1 aliphatic heterocycles. The van der Waals surface area contributed by atoms with Gasteiger partial charge in [0.15, 0.2) is 16.7 Å². The summed E-state index contributed by atoms with van der Waals surface area (Å²) in [4.78, 5) is 8.70. The number of benzene rings is 2. The number of ether oxygens (including phenoxy) is 2. The highest BCUT2D eigenvalue weighted by molar-refractivity contribution is 5.79. The Balaban J connectivity index is 1.30. The predicted molar refractivity (Wildman–Crippen MR) is 131 cm³/mol. The number of hydrogen-bond acceptors (Lipinski definition) is 11. The van der Waals surface area contributed by atoms with Gasteiger partial charge in [0.25, 0.3) is 0 Å². The molecule has 1 aliphatic rings. The Morgan fingerprint density at radius 2 is 1.76 bits per heavy atom. The molecule has 5 N–H and O–H groups in total. The highest BCUT2D eigenvalue weighted by Crippen LogP contribution is 2.24. The van der Waals surface area contributed by atoms with Crippen LogP contribution >= 0.6 is 0 Å². The standard InChI is InChI=1S/C25H23N7O6/c26-9-14-1-5-16(6-2-14)31-12-28-19-23(27)32(13-29-24(19)31)30-10-15-3-7-17(8-4-15)37-25-22(36)21(35)20(34)18(11-33)38-25/h1-8,10,12-13,18,20-22,25,27,33-36H,11H2. The monoisotopic (exact) mass is 517 g/mol. The van der Waals surface area contributed by atoms with Crippen molar-refractivity contribution in [2.45, 2.75) is 30.7 Å². The number of rotatable bonds is 6. The maximum Gasteiger partial charge on any atom is 0.229 e. The summed E-state index contributed by atoms with van der Waals surface area (Å²) in [5.74, 6) is 0.316. The van der Waals surface area contributed by atoms with Crippen LogP contribution in [-0.2, 0) is 4.74 Å². The molecule has 13 heteroatoms. The zero-order valence-electron chi connectivity index (χ0n) is 19.7.